The summed E-state index contributed by atoms with van der Waals surface area (Å²) >= 11 is 0. The molecule has 2 atom stereocenters. The van der Waals surface area contributed by atoms with Crippen molar-refractivity contribution in [3.05, 3.63) is 29.8 Å². The van der Waals surface area contributed by atoms with Crippen LogP contribution in [0.3, 0.4) is 0 Å². The molecule has 0 heterocycles. The molecule has 0 bridgehead atoms. The number of carbonyl (C=O) groups is 2. The number of nitrogens with one attached hydrogen (secondary N) is 1. The second-order valence-electron chi connectivity index (χ2n) is 6.55. The van der Waals surface area contributed by atoms with Crippen LogP contribution in [0, 0.1) is 0 Å². The normalized spacial score (nSPS) is 13.6. The summed E-state index contributed by atoms with van der Waals surface area (Å²) in [6, 6.07) is 6.52. The predicted molar refractivity (Wildman–Crippen MR) is 91.2 cm³/mol. The highest BCUT2D eigenvalue weighted by atomic mass is 16.6. The van der Waals surface area contributed by atoms with E-state index in [2.05, 4.69) is 5.32 Å². The fourth-order valence-corrected chi connectivity index (χ4v) is 1.92. The van der Waals surface area contributed by atoms with Crippen LogP contribution in [-0.4, -0.2) is 53.7 Å². The fraction of sp³-hybridized carbons (Fsp3) is 0.529. The number of aliphatic hydroxyl groups is 2. The highest BCUT2D eigenvalue weighted by molar-refractivity contribution is 5.83. The Kier molecular flexibility index (Phi) is 7.66. The molecule has 0 saturated carbocycles. The molecule has 1 aromatic carbocycles. The van der Waals surface area contributed by atoms with Crippen molar-refractivity contribution in [1.29, 1.82) is 0 Å². The molecule has 1 aromatic rings. The average Bonchev–Trinajstić information content (AvgIpc) is 2.51. The molecule has 140 valence electrons. The van der Waals surface area contributed by atoms with Gasteiger partial charge >= 0.3 is 6.09 Å². The second-order valence-corrected chi connectivity index (χ2v) is 6.55. The van der Waals surface area contributed by atoms with Gasteiger partial charge in [0.1, 0.15) is 24.1 Å². The molecule has 1 rings (SSSR count). The van der Waals surface area contributed by atoms with Gasteiger partial charge in [-0.3, -0.25) is 4.79 Å². The molecule has 0 aliphatic rings. The number of ether oxygens (including phenoxy) is 2. The van der Waals surface area contributed by atoms with E-state index in [1.807, 2.05) is 0 Å². The van der Waals surface area contributed by atoms with Gasteiger partial charge in [0.2, 0.25) is 5.91 Å². The zero-order valence-corrected chi connectivity index (χ0v) is 14.7. The minimum Gasteiger partial charge on any atom is -0.491 e. The summed E-state index contributed by atoms with van der Waals surface area (Å²) in [5, 5.41) is 20.5. The Morgan fingerprint density at radius 2 is 1.84 bits per heavy atom. The van der Waals surface area contributed by atoms with Gasteiger partial charge in [-0.25, -0.2) is 4.79 Å². The van der Waals surface area contributed by atoms with Gasteiger partial charge in [0.25, 0.3) is 0 Å². The van der Waals surface area contributed by atoms with Crippen molar-refractivity contribution in [1.82, 2.24) is 5.32 Å². The van der Waals surface area contributed by atoms with E-state index < -0.39 is 36.2 Å². The lowest BCUT2D eigenvalue weighted by Crippen LogP contribution is -2.38. The van der Waals surface area contributed by atoms with Crippen LogP contribution >= 0.6 is 0 Å². The molecule has 8 nitrogen and oxygen atoms in total. The molecule has 2 amide bonds. The number of alkyl carbamates (subject to hydrolysis) is 1. The second kappa shape index (κ2) is 9.24. The molecule has 0 aliphatic heterocycles. The maximum absolute atomic E-state index is 11.7. The lowest BCUT2D eigenvalue weighted by molar-refractivity contribution is -0.119. The van der Waals surface area contributed by atoms with Gasteiger partial charge in [0.05, 0.1) is 12.5 Å². The number of aliphatic hydroxyl groups excluding tert-OH is 2. The summed E-state index contributed by atoms with van der Waals surface area (Å²) in [4.78, 5) is 23.4. The van der Waals surface area contributed by atoms with E-state index in [-0.39, 0.29) is 13.2 Å². The third kappa shape index (κ3) is 7.86. The first-order chi connectivity index (χ1) is 11.6. The van der Waals surface area contributed by atoms with Crippen molar-refractivity contribution < 1.29 is 29.3 Å². The van der Waals surface area contributed by atoms with Crippen LogP contribution in [0.4, 0.5) is 4.79 Å². The molecule has 0 aliphatic carbocycles. The molecular formula is C17H26N2O6. The Morgan fingerprint density at radius 3 is 2.32 bits per heavy atom. The van der Waals surface area contributed by atoms with E-state index in [9.17, 15) is 14.7 Å². The molecule has 0 saturated heterocycles. The van der Waals surface area contributed by atoms with Gasteiger partial charge in [0.15, 0.2) is 0 Å². The van der Waals surface area contributed by atoms with Crippen LogP contribution in [0.15, 0.2) is 24.3 Å². The van der Waals surface area contributed by atoms with Crippen LogP contribution in [0.5, 0.6) is 5.75 Å². The Bertz CT molecular complexity index is 567. The van der Waals surface area contributed by atoms with E-state index in [4.69, 9.17) is 20.3 Å². The van der Waals surface area contributed by atoms with Gasteiger partial charge in [-0.2, -0.15) is 0 Å². The summed E-state index contributed by atoms with van der Waals surface area (Å²) in [5.74, 6) is -0.829. The molecule has 5 N–H and O–H groups in total. The van der Waals surface area contributed by atoms with Gasteiger partial charge < -0.3 is 30.7 Å². The minimum absolute atomic E-state index is 0.00762. The SMILES string of the molecule is CC(C)(C)OC(=O)NCC(C(N)=O)c1ccc(OCC(O)CO)cc1. The third-order valence-electron chi connectivity index (χ3n) is 3.13. The van der Waals surface area contributed by atoms with Crippen LogP contribution in [0.1, 0.15) is 32.3 Å². The van der Waals surface area contributed by atoms with Gasteiger partial charge in [0, 0.05) is 6.54 Å². The molecule has 0 radical (unpaired) electrons. The first-order valence-electron chi connectivity index (χ1n) is 7.90. The molecule has 0 fully saturated rings. The van der Waals surface area contributed by atoms with Gasteiger partial charge in [-0.05, 0) is 38.5 Å². The van der Waals surface area contributed by atoms with Crippen molar-refractivity contribution in [2.45, 2.75) is 38.4 Å². The molecule has 8 heteroatoms. The number of nitrogens with two attached hydrogens (primary N) is 1. The first-order valence-corrected chi connectivity index (χ1v) is 7.90. The van der Waals surface area contributed by atoms with Crippen molar-refractivity contribution in [3.63, 3.8) is 0 Å². The van der Waals surface area contributed by atoms with Crippen molar-refractivity contribution in [3.8, 4) is 5.75 Å². The van der Waals surface area contributed by atoms with Crippen molar-refractivity contribution >= 4 is 12.0 Å². The molecule has 2 unspecified atom stereocenters. The monoisotopic (exact) mass is 354 g/mol. The summed E-state index contributed by atoms with van der Waals surface area (Å²) in [7, 11) is 0. The highest BCUT2D eigenvalue weighted by Gasteiger charge is 2.21. The topological polar surface area (TPSA) is 131 Å². The van der Waals surface area contributed by atoms with Crippen LogP contribution in [0.2, 0.25) is 0 Å². The van der Waals surface area contributed by atoms with Crippen LogP contribution < -0.4 is 15.8 Å². The van der Waals surface area contributed by atoms with E-state index in [0.29, 0.717) is 11.3 Å². The molecule has 0 aromatic heterocycles. The van der Waals surface area contributed by atoms with Crippen molar-refractivity contribution in [2.75, 3.05) is 19.8 Å². The quantitative estimate of drug-likeness (QED) is 0.538. The van der Waals surface area contributed by atoms with E-state index in [1.165, 1.54) is 0 Å². The summed E-state index contributed by atoms with van der Waals surface area (Å²) < 4.78 is 10.4. The first kappa shape index (κ1) is 20.7. The number of hydrogen-bond acceptors (Lipinski definition) is 6. The smallest absolute Gasteiger partial charge is 0.407 e. The van der Waals surface area contributed by atoms with E-state index in [1.54, 1.807) is 45.0 Å². The zero-order chi connectivity index (χ0) is 19.0. The predicted octanol–water partition coefficient (Wildman–Crippen LogP) is 0.512. The number of benzene rings is 1. The number of carbonyl (C=O) groups excluding carboxylic acids is 2. The molecular weight excluding hydrogens is 328 g/mol. The highest BCUT2D eigenvalue weighted by Crippen LogP contribution is 2.19. The Labute approximate surface area is 146 Å². The lowest BCUT2D eigenvalue weighted by atomic mass is 9.98. The lowest BCUT2D eigenvalue weighted by Gasteiger charge is -2.21. The Balaban J connectivity index is 2.66. The summed E-state index contributed by atoms with van der Waals surface area (Å²) in [6.45, 7) is 4.79. The van der Waals surface area contributed by atoms with Gasteiger partial charge in [-0.1, -0.05) is 12.1 Å². The number of primary amides is 1. The average molecular weight is 354 g/mol. The summed E-state index contributed by atoms with van der Waals surface area (Å²) in [5.41, 5.74) is 5.39. The zero-order valence-electron chi connectivity index (χ0n) is 14.7. The van der Waals surface area contributed by atoms with Crippen LogP contribution in [-0.2, 0) is 9.53 Å². The third-order valence-corrected chi connectivity index (χ3v) is 3.13. The number of hydrogen-bond donors (Lipinski definition) is 4. The Morgan fingerprint density at radius 1 is 1.24 bits per heavy atom. The minimum atomic E-state index is -0.962. The van der Waals surface area contributed by atoms with E-state index >= 15 is 0 Å². The molecule has 0 spiro atoms. The van der Waals surface area contributed by atoms with E-state index in [0.717, 1.165) is 0 Å². The number of amides is 2. The molecule has 25 heavy (non-hydrogen) atoms. The van der Waals surface area contributed by atoms with Crippen molar-refractivity contribution in [2.24, 2.45) is 5.73 Å². The summed E-state index contributed by atoms with van der Waals surface area (Å²) in [6.07, 6.45) is -1.59. The van der Waals surface area contributed by atoms with Gasteiger partial charge in [-0.15, -0.1) is 0 Å². The maximum Gasteiger partial charge on any atom is 0.407 e. The van der Waals surface area contributed by atoms with Crippen LogP contribution in [0.25, 0.3) is 0 Å². The standard InChI is InChI=1S/C17H26N2O6/c1-17(2,3)25-16(23)19-8-14(15(18)22)11-4-6-13(7-5-11)24-10-12(21)9-20/h4-7,12,14,20-21H,8-10H2,1-3H3,(H2,18,22)(H,19,23). The fourth-order valence-electron chi connectivity index (χ4n) is 1.92. The maximum atomic E-state index is 11.7. The number of rotatable bonds is 8. The Hall–Kier alpha value is -2.32. The largest absolute Gasteiger partial charge is 0.491 e.